The zero-order chi connectivity index (χ0) is 11.2. The Kier molecular flexibility index (Phi) is 6.26. The Balaban J connectivity index is 4.20. The average Bonchev–Trinajstić information content (AvgIpc) is 2.15. The first-order chi connectivity index (χ1) is 6.47. The summed E-state index contributed by atoms with van der Waals surface area (Å²) in [5.74, 6) is 0. The predicted molar refractivity (Wildman–Crippen MR) is 56.1 cm³/mol. The lowest BCUT2D eigenvalue weighted by Gasteiger charge is -2.19. The Bertz CT molecular complexity index is 237. The molecule has 0 bridgehead atoms. The molecule has 0 aromatic carbocycles. The third-order valence-corrected chi connectivity index (χ3v) is 3.75. The second kappa shape index (κ2) is 6.34. The predicted octanol–water partition coefficient (Wildman–Crippen LogP) is -0.0665. The van der Waals surface area contributed by atoms with Crippen molar-refractivity contribution in [3.05, 3.63) is 0 Å². The monoisotopic (exact) mass is 224 g/mol. The fraction of sp³-hybridized carbons (Fsp3) is 1.00. The summed E-state index contributed by atoms with van der Waals surface area (Å²) >= 11 is 0. The lowest BCUT2D eigenvalue weighted by Crippen LogP contribution is -2.43. The molecule has 5 nitrogen and oxygen atoms in total. The molecule has 0 saturated heterocycles. The molecule has 14 heavy (non-hydrogen) atoms. The Morgan fingerprint density at radius 2 is 1.79 bits per heavy atom. The van der Waals surface area contributed by atoms with Crippen LogP contribution in [-0.4, -0.2) is 43.6 Å². The number of hydrogen-bond acceptors (Lipinski definition) is 3. The molecule has 0 aromatic rings. The summed E-state index contributed by atoms with van der Waals surface area (Å²) in [5.41, 5.74) is 0. The van der Waals surface area contributed by atoms with Gasteiger partial charge in [0, 0.05) is 19.6 Å². The van der Waals surface area contributed by atoms with Crippen LogP contribution in [0.3, 0.4) is 0 Å². The zero-order valence-corrected chi connectivity index (χ0v) is 9.84. The lowest BCUT2D eigenvalue weighted by atomic mass is 10.3. The maximum atomic E-state index is 11.5. The van der Waals surface area contributed by atoms with Gasteiger partial charge in [-0.15, -0.1) is 0 Å². The van der Waals surface area contributed by atoms with E-state index in [1.165, 1.54) is 4.31 Å². The number of nitrogens with one attached hydrogen (secondary N) is 1. The highest BCUT2D eigenvalue weighted by molar-refractivity contribution is 7.87. The average molecular weight is 224 g/mol. The minimum absolute atomic E-state index is 0.0787. The van der Waals surface area contributed by atoms with Gasteiger partial charge in [-0.2, -0.15) is 17.4 Å². The molecule has 86 valence electrons. The first-order valence-electron chi connectivity index (χ1n) is 4.90. The van der Waals surface area contributed by atoms with Crippen LogP contribution in [0.15, 0.2) is 0 Å². The largest absolute Gasteiger partial charge is 0.392 e. The maximum absolute atomic E-state index is 11.5. The third kappa shape index (κ3) is 4.36. The number of rotatable bonds is 7. The Morgan fingerprint density at radius 3 is 2.14 bits per heavy atom. The number of hydrogen-bond donors (Lipinski definition) is 2. The summed E-state index contributed by atoms with van der Waals surface area (Å²) in [4.78, 5) is 0. The van der Waals surface area contributed by atoms with E-state index in [0.717, 1.165) is 0 Å². The molecule has 0 aliphatic carbocycles. The number of nitrogens with zero attached hydrogens (tertiary/aromatic N) is 1. The van der Waals surface area contributed by atoms with Gasteiger partial charge in [0.05, 0.1) is 6.10 Å². The van der Waals surface area contributed by atoms with Crippen molar-refractivity contribution >= 4 is 10.2 Å². The van der Waals surface area contributed by atoms with Crippen molar-refractivity contribution < 1.29 is 13.5 Å². The third-order valence-electron chi connectivity index (χ3n) is 2.02. The van der Waals surface area contributed by atoms with Crippen LogP contribution in [0.5, 0.6) is 0 Å². The molecule has 0 radical (unpaired) electrons. The second-order valence-electron chi connectivity index (χ2n) is 3.00. The van der Waals surface area contributed by atoms with E-state index in [1.807, 2.05) is 0 Å². The van der Waals surface area contributed by atoms with Crippen LogP contribution in [0, 0.1) is 0 Å². The van der Waals surface area contributed by atoms with Crippen LogP contribution in [0.2, 0.25) is 0 Å². The van der Waals surface area contributed by atoms with Crippen LogP contribution in [0.25, 0.3) is 0 Å². The van der Waals surface area contributed by atoms with Crippen molar-refractivity contribution in [2.45, 2.75) is 33.3 Å². The lowest BCUT2D eigenvalue weighted by molar-refractivity contribution is 0.173. The topological polar surface area (TPSA) is 69.6 Å². The second-order valence-corrected chi connectivity index (χ2v) is 4.76. The van der Waals surface area contributed by atoms with Gasteiger partial charge >= 0.3 is 0 Å². The van der Waals surface area contributed by atoms with Gasteiger partial charge < -0.3 is 5.11 Å². The molecule has 2 N–H and O–H groups in total. The van der Waals surface area contributed by atoms with E-state index in [9.17, 15) is 13.5 Å². The summed E-state index contributed by atoms with van der Waals surface area (Å²) in [6, 6.07) is 0. The summed E-state index contributed by atoms with van der Waals surface area (Å²) in [5, 5.41) is 9.20. The van der Waals surface area contributed by atoms with Crippen molar-refractivity contribution in [3.8, 4) is 0 Å². The molecule has 6 heteroatoms. The Morgan fingerprint density at radius 1 is 1.29 bits per heavy atom. The molecule has 0 fully saturated rings. The van der Waals surface area contributed by atoms with E-state index in [4.69, 9.17) is 0 Å². The first kappa shape index (κ1) is 13.8. The fourth-order valence-electron chi connectivity index (χ4n) is 1.00. The first-order valence-corrected chi connectivity index (χ1v) is 6.34. The molecule has 0 spiro atoms. The summed E-state index contributed by atoms with van der Waals surface area (Å²) in [7, 11) is -3.40. The maximum Gasteiger partial charge on any atom is 0.279 e. The van der Waals surface area contributed by atoms with Gasteiger partial charge in [0.1, 0.15) is 0 Å². The Hall–Kier alpha value is -0.170. The highest BCUT2D eigenvalue weighted by Crippen LogP contribution is 1.97. The molecule has 0 aromatic heterocycles. The smallest absolute Gasteiger partial charge is 0.279 e. The van der Waals surface area contributed by atoms with Crippen molar-refractivity contribution in [2.24, 2.45) is 0 Å². The van der Waals surface area contributed by atoms with Crippen LogP contribution in [0.1, 0.15) is 27.2 Å². The molecule has 0 saturated carbocycles. The van der Waals surface area contributed by atoms with E-state index in [-0.39, 0.29) is 6.54 Å². The molecular weight excluding hydrogens is 204 g/mol. The minimum Gasteiger partial charge on any atom is -0.392 e. The molecule has 0 heterocycles. The van der Waals surface area contributed by atoms with Crippen LogP contribution in [-0.2, 0) is 10.2 Å². The quantitative estimate of drug-likeness (QED) is 0.636. The van der Waals surface area contributed by atoms with Crippen LogP contribution >= 0.6 is 0 Å². The van der Waals surface area contributed by atoms with Gasteiger partial charge in [-0.1, -0.05) is 20.8 Å². The van der Waals surface area contributed by atoms with E-state index in [2.05, 4.69) is 4.72 Å². The van der Waals surface area contributed by atoms with Gasteiger partial charge in [-0.25, -0.2) is 0 Å². The summed E-state index contributed by atoms with van der Waals surface area (Å²) < 4.78 is 26.7. The molecule has 0 aliphatic heterocycles. The van der Waals surface area contributed by atoms with E-state index < -0.39 is 16.3 Å². The van der Waals surface area contributed by atoms with Gasteiger partial charge in [-0.3, -0.25) is 0 Å². The normalized spacial score (nSPS) is 14.6. The van der Waals surface area contributed by atoms with Gasteiger partial charge in [0.15, 0.2) is 0 Å². The standard InChI is InChI=1S/C8H20N2O3S/c1-4-8(11)7-9-14(12,13)10(5-2)6-3/h8-9,11H,4-7H2,1-3H3. The Labute approximate surface area is 86.3 Å². The molecule has 0 rings (SSSR count). The van der Waals surface area contributed by atoms with Crippen molar-refractivity contribution in [1.82, 2.24) is 9.03 Å². The minimum atomic E-state index is -3.40. The SMILES string of the molecule is CCC(O)CNS(=O)(=O)N(CC)CC. The van der Waals surface area contributed by atoms with Gasteiger partial charge in [0.2, 0.25) is 0 Å². The highest BCUT2D eigenvalue weighted by atomic mass is 32.2. The highest BCUT2D eigenvalue weighted by Gasteiger charge is 2.18. The molecule has 0 amide bonds. The number of aliphatic hydroxyl groups is 1. The van der Waals surface area contributed by atoms with Crippen molar-refractivity contribution in [2.75, 3.05) is 19.6 Å². The van der Waals surface area contributed by atoms with E-state index in [1.54, 1.807) is 20.8 Å². The van der Waals surface area contributed by atoms with Crippen molar-refractivity contribution in [3.63, 3.8) is 0 Å². The summed E-state index contributed by atoms with van der Waals surface area (Å²) in [6.45, 7) is 6.31. The van der Waals surface area contributed by atoms with Crippen LogP contribution in [0.4, 0.5) is 0 Å². The molecule has 1 unspecified atom stereocenters. The van der Waals surface area contributed by atoms with E-state index in [0.29, 0.717) is 19.5 Å². The van der Waals surface area contributed by atoms with Crippen molar-refractivity contribution in [1.29, 1.82) is 0 Å². The van der Waals surface area contributed by atoms with Crippen LogP contribution < -0.4 is 4.72 Å². The fourth-order valence-corrected chi connectivity index (χ4v) is 2.27. The molecular formula is C8H20N2O3S. The molecule has 0 aliphatic rings. The zero-order valence-electron chi connectivity index (χ0n) is 9.02. The molecule has 1 atom stereocenters. The van der Waals surface area contributed by atoms with Gasteiger partial charge in [0.25, 0.3) is 10.2 Å². The summed E-state index contributed by atoms with van der Waals surface area (Å²) in [6.07, 6.45) is -0.0684. The van der Waals surface area contributed by atoms with Gasteiger partial charge in [-0.05, 0) is 6.42 Å². The number of aliphatic hydroxyl groups excluding tert-OH is 1. The van der Waals surface area contributed by atoms with E-state index >= 15 is 0 Å².